The van der Waals surface area contributed by atoms with Crippen molar-refractivity contribution in [2.75, 3.05) is 25.5 Å². The summed E-state index contributed by atoms with van der Waals surface area (Å²) < 4.78 is 0. The zero-order valence-corrected chi connectivity index (χ0v) is 10.6. The number of aliphatic hydroxyl groups excluding tert-OH is 1. The molecular weight excluding hydrogens is 200 g/mol. The highest BCUT2D eigenvalue weighted by atomic mass is 16.3. The summed E-state index contributed by atoms with van der Waals surface area (Å²) in [6.45, 7) is 4.40. The van der Waals surface area contributed by atoms with Crippen molar-refractivity contribution in [1.29, 1.82) is 0 Å². The van der Waals surface area contributed by atoms with E-state index >= 15 is 0 Å². The molecule has 0 amide bonds. The average Bonchev–Trinajstić information content (AvgIpc) is 2.28. The van der Waals surface area contributed by atoms with E-state index in [1.807, 2.05) is 57.1 Å². The molecule has 1 aromatic carbocycles. The van der Waals surface area contributed by atoms with Crippen LogP contribution in [-0.4, -0.2) is 25.7 Å². The summed E-state index contributed by atoms with van der Waals surface area (Å²) in [5, 5.41) is 10.2. The molecule has 3 N–H and O–H groups in total. The largest absolute Gasteiger partial charge is 0.388 e. The molecule has 0 aliphatic rings. The molecule has 0 heterocycles. The summed E-state index contributed by atoms with van der Waals surface area (Å²) in [6, 6.07) is 7.92. The smallest absolute Gasteiger partial charge is 0.0853 e. The van der Waals surface area contributed by atoms with E-state index in [9.17, 15) is 5.11 Å². The van der Waals surface area contributed by atoms with E-state index in [1.54, 1.807) is 0 Å². The highest BCUT2D eigenvalue weighted by molar-refractivity contribution is 5.46. The van der Waals surface area contributed by atoms with Crippen molar-refractivity contribution >= 4 is 5.69 Å². The van der Waals surface area contributed by atoms with Gasteiger partial charge in [-0.15, -0.1) is 0 Å². The van der Waals surface area contributed by atoms with Gasteiger partial charge in [0.1, 0.15) is 0 Å². The Morgan fingerprint density at radius 2 is 1.75 bits per heavy atom. The van der Waals surface area contributed by atoms with E-state index in [2.05, 4.69) is 0 Å². The lowest BCUT2D eigenvalue weighted by Crippen LogP contribution is -2.30. The van der Waals surface area contributed by atoms with Crippen molar-refractivity contribution in [3.8, 4) is 0 Å². The predicted octanol–water partition coefficient (Wildman–Crippen LogP) is 1.77. The zero-order valence-electron chi connectivity index (χ0n) is 10.6. The minimum absolute atomic E-state index is 0.292. The summed E-state index contributed by atoms with van der Waals surface area (Å²) in [6.07, 6.45) is -0.520. The minimum Gasteiger partial charge on any atom is -0.388 e. The molecule has 1 atom stereocenters. The summed E-state index contributed by atoms with van der Waals surface area (Å²) in [5.74, 6) is 0. The molecule has 0 aliphatic carbocycles. The van der Waals surface area contributed by atoms with Gasteiger partial charge in [-0.1, -0.05) is 26.0 Å². The van der Waals surface area contributed by atoms with Crippen LogP contribution in [-0.2, 0) is 0 Å². The first-order valence-corrected chi connectivity index (χ1v) is 5.54. The van der Waals surface area contributed by atoms with Gasteiger partial charge in [-0.2, -0.15) is 0 Å². The summed E-state index contributed by atoms with van der Waals surface area (Å²) in [7, 11) is 3.99. The number of hydrogen-bond acceptors (Lipinski definition) is 3. The normalized spacial score (nSPS) is 13.6. The quantitative estimate of drug-likeness (QED) is 0.816. The fourth-order valence-electron chi connectivity index (χ4n) is 1.52. The van der Waals surface area contributed by atoms with Gasteiger partial charge in [-0.3, -0.25) is 0 Å². The maximum atomic E-state index is 10.2. The van der Waals surface area contributed by atoms with E-state index in [0.29, 0.717) is 6.54 Å². The van der Waals surface area contributed by atoms with E-state index in [0.717, 1.165) is 11.3 Å². The Balaban J connectivity index is 2.90. The van der Waals surface area contributed by atoms with Gasteiger partial charge in [0.25, 0.3) is 0 Å². The van der Waals surface area contributed by atoms with Crippen LogP contribution in [0.5, 0.6) is 0 Å². The molecule has 1 rings (SSSR count). The molecule has 3 nitrogen and oxygen atoms in total. The number of rotatable bonds is 4. The Morgan fingerprint density at radius 3 is 2.12 bits per heavy atom. The first-order chi connectivity index (χ1) is 7.38. The Bertz CT molecular complexity index is 330. The molecule has 0 aromatic heterocycles. The van der Waals surface area contributed by atoms with E-state index < -0.39 is 6.10 Å². The fourth-order valence-corrected chi connectivity index (χ4v) is 1.52. The lowest BCUT2D eigenvalue weighted by molar-refractivity contribution is 0.0555. The van der Waals surface area contributed by atoms with Gasteiger partial charge in [-0.25, -0.2) is 0 Å². The Labute approximate surface area is 97.9 Å². The molecule has 0 aliphatic heterocycles. The molecular formula is C13H22N2O. The second-order valence-corrected chi connectivity index (χ2v) is 5.08. The van der Waals surface area contributed by atoms with Crippen LogP contribution in [0.25, 0.3) is 0 Å². The fraction of sp³-hybridized carbons (Fsp3) is 0.538. The van der Waals surface area contributed by atoms with Crippen LogP contribution < -0.4 is 10.6 Å². The number of nitrogens with zero attached hydrogens (tertiary/aromatic N) is 1. The van der Waals surface area contributed by atoms with Crippen molar-refractivity contribution < 1.29 is 5.11 Å². The molecule has 0 saturated carbocycles. The van der Waals surface area contributed by atoms with Gasteiger partial charge in [0, 0.05) is 31.7 Å². The number of hydrogen-bond donors (Lipinski definition) is 2. The summed E-state index contributed by atoms with van der Waals surface area (Å²) in [5.41, 5.74) is 7.41. The van der Waals surface area contributed by atoms with E-state index in [1.165, 1.54) is 0 Å². The van der Waals surface area contributed by atoms with Crippen molar-refractivity contribution in [3.05, 3.63) is 29.8 Å². The van der Waals surface area contributed by atoms with Gasteiger partial charge < -0.3 is 15.7 Å². The Morgan fingerprint density at radius 1 is 1.25 bits per heavy atom. The second-order valence-electron chi connectivity index (χ2n) is 5.08. The molecule has 0 spiro atoms. The molecule has 1 unspecified atom stereocenters. The maximum Gasteiger partial charge on any atom is 0.0853 e. The van der Waals surface area contributed by atoms with Gasteiger partial charge in [-0.05, 0) is 17.7 Å². The van der Waals surface area contributed by atoms with Crippen molar-refractivity contribution in [2.24, 2.45) is 11.1 Å². The molecule has 3 heteroatoms. The van der Waals surface area contributed by atoms with Crippen molar-refractivity contribution in [1.82, 2.24) is 0 Å². The van der Waals surface area contributed by atoms with Crippen LogP contribution in [0.3, 0.4) is 0 Å². The highest BCUT2D eigenvalue weighted by Gasteiger charge is 2.27. The summed E-state index contributed by atoms with van der Waals surface area (Å²) >= 11 is 0. The maximum absolute atomic E-state index is 10.2. The number of nitrogens with two attached hydrogens (primary N) is 1. The van der Waals surface area contributed by atoms with Crippen LogP contribution in [0.1, 0.15) is 25.5 Å². The van der Waals surface area contributed by atoms with Crippen LogP contribution in [0.2, 0.25) is 0 Å². The lowest BCUT2D eigenvalue weighted by Gasteiger charge is -2.29. The molecule has 0 bridgehead atoms. The van der Waals surface area contributed by atoms with Gasteiger partial charge in [0.15, 0.2) is 0 Å². The van der Waals surface area contributed by atoms with Crippen LogP contribution in [0, 0.1) is 5.41 Å². The molecule has 0 radical (unpaired) electrons. The third-order valence-corrected chi connectivity index (χ3v) is 2.99. The van der Waals surface area contributed by atoms with Crippen LogP contribution >= 0.6 is 0 Å². The molecule has 0 fully saturated rings. The first-order valence-electron chi connectivity index (χ1n) is 5.54. The molecule has 1 aromatic rings. The predicted molar refractivity (Wildman–Crippen MR) is 68.6 cm³/mol. The van der Waals surface area contributed by atoms with Gasteiger partial charge in [0.05, 0.1) is 6.10 Å². The monoisotopic (exact) mass is 222 g/mol. The van der Waals surface area contributed by atoms with E-state index in [-0.39, 0.29) is 5.41 Å². The highest BCUT2D eigenvalue weighted by Crippen LogP contribution is 2.32. The molecule has 0 saturated heterocycles. The van der Waals surface area contributed by atoms with Gasteiger partial charge >= 0.3 is 0 Å². The Kier molecular flexibility index (Phi) is 3.94. The van der Waals surface area contributed by atoms with Crippen LogP contribution in [0.4, 0.5) is 5.69 Å². The number of aliphatic hydroxyl groups is 1. The Hall–Kier alpha value is -1.06. The second kappa shape index (κ2) is 4.85. The van der Waals surface area contributed by atoms with Crippen LogP contribution in [0.15, 0.2) is 24.3 Å². The topological polar surface area (TPSA) is 49.5 Å². The van der Waals surface area contributed by atoms with Crippen molar-refractivity contribution in [2.45, 2.75) is 20.0 Å². The first kappa shape index (κ1) is 13.0. The average molecular weight is 222 g/mol. The molecule has 90 valence electrons. The third kappa shape index (κ3) is 2.74. The van der Waals surface area contributed by atoms with E-state index in [4.69, 9.17) is 5.73 Å². The lowest BCUT2D eigenvalue weighted by atomic mass is 9.83. The van der Waals surface area contributed by atoms with Crippen molar-refractivity contribution in [3.63, 3.8) is 0 Å². The number of anilines is 1. The zero-order chi connectivity index (χ0) is 12.3. The standard InChI is InChI=1S/C13H22N2O/c1-13(2,9-14)12(16)10-5-7-11(8-6-10)15(3)4/h5-8,12,16H,9,14H2,1-4H3. The van der Waals surface area contributed by atoms with Gasteiger partial charge in [0.2, 0.25) is 0 Å². The summed E-state index contributed by atoms with van der Waals surface area (Å²) in [4.78, 5) is 2.03. The molecule has 16 heavy (non-hydrogen) atoms. The third-order valence-electron chi connectivity index (χ3n) is 2.99. The SMILES string of the molecule is CN(C)c1ccc(C(O)C(C)(C)CN)cc1. The number of benzene rings is 1. The minimum atomic E-state index is -0.520.